The maximum atomic E-state index is 11.6. The van der Waals surface area contributed by atoms with Crippen LogP contribution in [0.5, 0.6) is 0 Å². The Morgan fingerprint density at radius 3 is 1.75 bits per heavy atom. The predicted molar refractivity (Wildman–Crippen MR) is 145 cm³/mol. The highest BCUT2D eigenvalue weighted by atomic mass is 32.2. The number of aromatic nitrogens is 8. The molecule has 4 heterocycles. The molecular formula is C24H26N10O4S2. The summed E-state index contributed by atoms with van der Waals surface area (Å²) in [5, 5.41) is 8.81. The van der Waals surface area contributed by atoms with Crippen LogP contribution in [-0.4, -0.2) is 72.2 Å². The molecular weight excluding hydrogens is 556 g/mol. The van der Waals surface area contributed by atoms with E-state index in [-0.39, 0.29) is 10.9 Å². The SMILES string of the molecule is CSc1ncc2c(n1)-c1c(c(C(N)=O)nn1C)CC2.Cn1nc(C(N)=O)c2c1-c1nc(S(C)(=O)=O)ncc1CC2. The maximum absolute atomic E-state index is 11.6. The maximum Gasteiger partial charge on any atom is 0.269 e. The molecule has 16 heteroatoms. The summed E-state index contributed by atoms with van der Waals surface area (Å²) in [6, 6.07) is 0. The van der Waals surface area contributed by atoms with Crippen molar-refractivity contribution in [3.63, 3.8) is 0 Å². The van der Waals surface area contributed by atoms with Crippen LogP contribution in [0.2, 0.25) is 0 Å². The Labute approximate surface area is 233 Å². The van der Waals surface area contributed by atoms with Crippen LogP contribution >= 0.6 is 11.8 Å². The summed E-state index contributed by atoms with van der Waals surface area (Å²) in [5.74, 6) is -1.09. The number of primary amides is 2. The Kier molecular flexibility index (Phi) is 6.91. The molecule has 2 aliphatic rings. The molecule has 6 rings (SSSR count). The smallest absolute Gasteiger partial charge is 0.269 e. The van der Waals surface area contributed by atoms with Gasteiger partial charge in [-0.25, -0.2) is 28.4 Å². The highest BCUT2D eigenvalue weighted by Crippen LogP contribution is 2.35. The molecule has 0 atom stereocenters. The van der Waals surface area contributed by atoms with Gasteiger partial charge in [-0.2, -0.15) is 10.2 Å². The van der Waals surface area contributed by atoms with Gasteiger partial charge in [-0.15, -0.1) is 0 Å². The monoisotopic (exact) mass is 582 g/mol. The van der Waals surface area contributed by atoms with Crippen molar-refractivity contribution in [3.05, 3.63) is 46.0 Å². The highest BCUT2D eigenvalue weighted by Gasteiger charge is 2.29. The van der Waals surface area contributed by atoms with E-state index in [4.69, 9.17) is 11.5 Å². The van der Waals surface area contributed by atoms with Crippen LogP contribution in [0.4, 0.5) is 0 Å². The number of carbonyl (C=O) groups excluding carboxylic acids is 2. The van der Waals surface area contributed by atoms with Crippen LogP contribution in [0, 0.1) is 0 Å². The highest BCUT2D eigenvalue weighted by molar-refractivity contribution is 7.98. The third-order valence-corrected chi connectivity index (χ3v) is 8.12. The van der Waals surface area contributed by atoms with Gasteiger partial charge in [0.2, 0.25) is 15.0 Å². The molecule has 0 saturated heterocycles. The first-order chi connectivity index (χ1) is 18.9. The fourth-order valence-corrected chi connectivity index (χ4v) is 5.79. The summed E-state index contributed by atoms with van der Waals surface area (Å²) >= 11 is 1.49. The predicted octanol–water partition coefficient (Wildman–Crippen LogP) is 0.275. The van der Waals surface area contributed by atoms with E-state index in [0.29, 0.717) is 40.6 Å². The lowest BCUT2D eigenvalue weighted by atomic mass is 9.93. The van der Waals surface area contributed by atoms with Crippen molar-refractivity contribution in [2.75, 3.05) is 12.5 Å². The van der Waals surface area contributed by atoms with Crippen molar-refractivity contribution in [1.29, 1.82) is 0 Å². The Morgan fingerprint density at radius 2 is 1.30 bits per heavy atom. The van der Waals surface area contributed by atoms with Gasteiger partial charge in [0.05, 0.1) is 22.8 Å². The molecule has 2 amide bonds. The number of hydrogen-bond donors (Lipinski definition) is 2. The Bertz CT molecular complexity index is 1810. The first kappa shape index (κ1) is 27.4. The molecule has 4 aromatic heterocycles. The zero-order valence-corrected chi connectivity index (χ0v) is 23.8. The molecule has 208 valence electrons. The Hall–Kier alpha value is -4.18. The lowest BCUT2D eigenvalue weighted by Gasteiger charge is -2.16. The van der Waals surface area contributed by atoms with E-state index in [1.807, 2.05) is 12.5 Å². The zero-order chi connectivity index (χ0) is 28.9. The summed E-state index contributed by atoms with van der Waals surface area (Å²) in [4.78, 5) is 39.7. The lowest BCUT2D eigenvalue weighted by Crippen LogP contribution is -2.16. The van der Waals surface area contributed by atoms with E-state index in [1.165, 1.54) is 22.6 Å². The van der Waals surface area contributed by atoms with Gasteiger partial charge in [-0.1, -0.05) is 11.8 Å². The minimum absolute atomic E-state index is 0.206. The van der Waals surface area contributed by atoms with Crippen LogP contribution in [0.1, 0.15) is 43.2 Å². The van der Waals surface area contributed by atoms with Crippen LogP contribution in [0.3, 0.4) is 0 Å². The number of hydrogen-bond acceptors (Lipinski definition) is 11. The van der Waals surface area contributed by atoms with Gasteiger partial charge in [0.1, 0.15) is 0 Å². The van der Waals surface area contributed by atoms with Crippen LogP contribution in [0.25, 0.3) is 22.8 Å². The van der Waals surface area contributed by atoms with Crippen molar-refractivity contribution in [2.45, 2.75) is 36.0 Å². The molecule has 40 heavy (non-hydrogen) atoms. The Balaban J connectivity index is 0.000000162. The molecule has 0 unspecified atom stereocenters. The second-order valence-electron chi connectivity index (χ2n) is 9.36. The molecule has 4 N–H and O–H groups in total. The number of thioether (sulfide) groups is 1. The average molecular weight is 583 g/mol. The van der Waals surface area contributed by atoms with E-state index >= 15 is 0 Å². The number of amides is 2. The molecule has 4 aromatic rings. The summed E-state index contributed by atoms with van der Waals surface area (Å²) in [6.45, 7) is 0. The minimum atomic E-state index is -3.50. The molecule has 2 aliphatic carbocycles. The van der Waals surface area contributed by atoms with Crippen molar-refractivity contribution in [3.8, 4) is 22.8 Å². The number of rotatable bonds is 4. The standard InChI is InChI=1S/C12H13N5O3S.C12H13N5OS/c1-17-10-7(9(16-17)11(13)18)4-3-6-5-14-12(15-8(6)10)21(2,19)20;1-17-10-7(9(16-17)11(13)18)4-3-6-5-14-12(19-2)15-8(6)10/h5H,3-4H2,1-2H3,(H2,13,18);5H,3-4H2,1-2H3,(H2,13,18). The summed E-state index contributed by atoms with van der Waals surface area (Å²) in [5.41, 5.74) is 17.6. The average Bonchev–Trinajstić information content (AvgIpc) is 3.45. The first-order valence-electron chi connectivity index (χ1n) is 12.1. The summed E-state index contributed by atoms with van der Waals surface area (Å²) in [6.07, 6.45) is 9.11. The third kappa shape index (κ3) is 4.72. The van der Waals surface area contributed by atoms with Gasteiger partial charge in [-0.3, -0.25) is 19.0 Å². The first-order valence-corrected chi connectivity index (χ1v) is 15.2. The van der Waals surface area contributed by atoms with Crippen molar-refractivity contribution in [2.24, 2.45) is 25.6 Å². The molecule has 0 radical (unpaired) electrons. The van der Waals surface area contributed by atoms with Crippen molar-refractivity contribution < 1.29 is 18.0 Å². The van der Waals surface area contributed by atoms with E-state index < -0.39 is 21.7 Å². The lowest BCUT2D eigenvalue weighted by molar-refractivity contribution is 0.0985. The third-order valence-electron chi connectivity index (χ3n) is 6.69. The van der Waals surface area contributed by atoms with Crippen LogP contribution in [-0.2, 0) is 49.6 Å². The molecule has 0 bridgehead atoms. The van der Waals surface area contributed by atoms with E-state index in [2.05, 4.69) is 30.1 Å². The molecule has 0 saturated carbocycles. The number of sulfone groups is 1. The minimum Gasteiger partial charge on any atom is -0.364 e. The molecule has 0 fully saturated rings. The van der Waals surface area contributed by atoms with Gasteiger partial charge in [0, 0.05) is 43.9 Å². The van der Waals surface area contributed by atoms with Gasteiger partial charge in [0.25, 0.3) is 11.8 Å². The fourth-order valence-electron chi connectivity index (χ4n) is 4.95. The number of aryl methyl sites for hydroxylation is 4. The van der Waals surface area contributed by atoms with E-state index in [0.717, 1.165) is 47.2 Å². The van der Waals surface area contributed by atoms with Gasteiger partial charge in [0.15, 0.2) is 16.5 Å². The number of nitrogens with zero attached hydrogens (tertiary/aromatic N) is 8. The van der Waals surface area contributed by atoms with Gasteiger partial charge >= 0.3 is 0 Å². The molecule has 0 spiro atoms. The fraction of sp³-hybridized carbons (Fsp3) is 0.333. The molecule has 0 aliphatic heterocycles. The summed E-state index contributed by atoms with van der Waals surface area (Å²) in [7, 11) is -0.0287. The van der Waals surface area contributed by atoms with Gasteiger partial charge in [-0.05, 0) is 43.1 Å². The molecule has 0 aromatic carbocycles. The van der Waals surface area contributed by atoms with Crippen LogP contribution in [0.15, 0.2) is 22.7 Å². The van der Waals surface area contributed by atoms with Crippen molar-refractivity contribution >= 4 is 33.4 Å². The van der Waals surface area contributed by atoms with Gasteiger partial charge < -0.3 is 11.5 Å². The topological polar surface area (TPSA) is 208 Å². The van der Waals surface area contributed by atoms with Crippen molar-refractivity contribution in [1.82, 2.24) is 39.5 Å². The molecule has 14 nitrogen and oxygen atoms in total. The number of fused-ring (bicyclic) bond motifs is 6. The Morgan fingerprint density at radius 1 is 0.825 bits per heavy atom. The van der Waals surface area contributed by atoms with Crippen LogP contribution < -0.4 is 11.5 Å². The van der Waals surface area contributed by atoms with E-state index in [1.54, 1.807) is 18.8 Å². The normalized spacial score (nSPS) is 13.3. The van der Waals surface area contributed by atoms with E-state index in [9.17, 15) is 18.0 Å². The number of carbonyl (C=O) groups is 2. The second-order valence-corrected chi connectivity index (χ2v) is 12.0. The second kappa shape index (κ2) is 10.1. The quantitative estimate of drug-likeness (QED) is 0.247. The number of nitrogens with two attached hydrogens (primary N) is 2. The largest absolute Gasteiger partial charge is 0.364 e. The summed E-state index contributed by atoms with van der Waals surface area (Å²) < 4.78 is 26.4. The zero-order valence-electron chi connectivity index (χ0n) is 22.2.